The molecule has 0 spiro atoms. The van der Waals surface area contributed by atoms with Gasteiger partial charge in [0.15, 0.2) is 0 Å². The number of nitro benzene ring substituents is 1. The summed E-state index contributed by atoms with van der Waals surface area (Å²) in [5, 5.41) is 21.2. The van der Waals surface area contributed by atoms with E-state index in [1.54, 1.807) is 6.07 Å². The van der Waals surface area contributed by atoms with Gasteiger partial charge < -0.3 is 14.6 Å². The molecule has 3 aromatic rings. The van der Waals surface area contributed by atoms with Crippen molar-refractivity contribution in [2.45, 2.75) is 30.7 Å². The molecule has 184 valence electrons. The zero-order valence-electron chi connectivity index (χ0n) is 18.2. The zero-order valence-corrected chi connectivity index (χ0v) is 19.1. The van der Waals surface area contributed by atoms with Crippen LogP contribution in [0, 0.1) is 10.1 Å². The first-order valence-corrected chi connectivity index (χ1v) is 11.7. The average molecular weight is 507 g/mol. The molecule has 1 N–H and O–H groups in total. The SMILES string of the molecule is O=C(CSc1nnc(-c2cccc([N+](=O)[O-])c2)o1)Nc1cc(C(F)(F)F)ccc1N1CCCCC1. The zero-order chi connectivity index (χ0) is 25.0. The number of halogens is 3. The van der Waals surface area contributed by atoms with Gasteiger partial charge >= 0.3 is 6.18 Å². The van der Waals surface area contributed by atoms with Crippen LogP contribution in [0.2, 0.25) is 0 Å². The van der Waals surface area contributed by atoms with Gasteiger partial charge in [0, 0.05) is 30.8 Å². The molecular weight excluding hydrogens is 487 g/mol. The van der Waals surface area contributed by atoms with Crippen LogP contribution in [0.15, 0.2) is 52.1 Å². The van der Waals surface area contributed by atoms with E-state index in [1.165, 1.54) is 24.3 Å². The van der Waals surface area contributed by atoms with Crippen LogP contribution < -0.4 is 10.2 Å². The second-order valence-corrected chi connectivity index (χ2v) is 8.72. The van der Waals surface area contributed by atoms with E-state index in [0.717, 1.165) is 43.2 Å². The minimum Gasteiger partial charge on any atom is -0.411 e. The summed E-state index contributed by atoms with van der Waals surface area (Å²) in [7, 11) is 0. The fourth-order valence-corrected chi connectivity index (χ4v) is 4.24. The highest BCUT2D eigenvalue weighted by Gasteiger charge is 2.32. The number of carbonyl (C=O) groups is 1. The van der Waals surface area contributed by atoms with E-state index in [0.29, 0.717) is 24.3 Å². The maximum Gasteiger partial charge on any atom is 0.416 e. The van der Waals surface area contributed by atoms with Gasteiger partial charge in [0.2, 0.25) is 11.8 Å². The summed E-state index contributed by atoms with van der Waals surface area (Å²) in [4.78, 5) is 24.9. The molecule has 0 atom stereocenters. The number of anilines is 2. The quantitative estimate of drug-likeness (QED) is 0.257. The van der Waals surface area contributed by atoms with Gasteiger partial charge in [0.05, 0.1) is 27.6 Å². The first kappa shape index (κ1) is 24.5. The number of carbonyl (C=O) groups excluding carboxylic acids is 1. The van der Waals surface area contributed by atoms with Gasteiger partial charge in [-0.3, -0.25) is 14.9 Å². The molecule has 1 fully saturated rings. The Morgan fingerprint density at radius 1 is 1.14 bits per heavy atom. The van der Waals surface area contributed by atoms with Crippen LogP contribution in [0.25, 0.3) is 11.5 Å². The van der Waals surface area contributed by atoms with E-state index in [4.69, 9.17) is 4.42 Å². The summed E-state index contributed by atoms with van der Waals surface area (Å²) in [6.07, 6.45) is -1.64. The van der Waals surface area contributed by atoms with E-state index in [1.807, 2.05) is 4.90 Å². The summed E-state index contributed by atoms with van der Waals surface area (Å²) in [5.74, 6) is -0.684. The van der Waals surface area contributed by atoms with Crippen LogP contribution in [0.4, 0.5) is 30.2 Å². The lowest BCUT2D eigenvalue weighted by Crippen LogP contribution is -2.30. The van der Waals surface area contributed by atoms with Gasteiger partial charge in [0.25, 0.3) is 10.9 Å². The number of nitrogens with zero attached hydrogens (tertiary/aromatic N) is 4. The van der Waals surface area contributed by atoms with Crippen LogP contribution in [-0.2, 0) is 11.0 Å². The lowest BCUT2D eigenvalue weighted by molar-refractivity contribution is -0.384. The van der Waals surface area contributed by atoms with Crippen LogP contribution in [0.3, 0.4) is 0 Å². The van der Waals surface area contributed by atoms with Crippen molar-refractivity contribution in [3.8, 4) is 11.5 Å². The number of benzene rings is 2. The Bertz CT molecular complexity index is 1230. The van der Waals surface area contributed by atoms with Crippen LogP contribution in [0.5, 0.6) is 0 Å². The van der Waals surface area contributed by atoms with Gasteiger partial charge in [-0.25, -0.2) is 0 Å². The molecule has 1 aliphatic heterocycles. The lowest BCUT2D eigenvalue weighted by Gasteiger charge is -2.31. The summed E-state index contributed by atoms with van der Waals surface area (Å²) in [5.41, 5.74) is -0.00494. The Labute approximate surface area is 201 Å². The maximum atomic E-state index is 13.3. The number of piperidine rings is 1. The van der Waals surface area contributed by atoms with Gasteiger partial charge in [-0.2, -0.15) is 13.2 Å². The molecule has 1 amide bonds. The maximum absolute atomic E-state index is 13.3. The van der Waals surface area contributed by atoms with E-state index < -0.39 is 22.6 Å². The first-order chi connectivity index (χ1) is 16.7. The fraction of sp³-hybridized carbons (Fsp3) is 0.318. The summed E-state index contributed by atoms with van der Waals surface area (Å²) < 4.78 is 45.3. The highest BCUT2D eigenvalue weighted by Crippen LogP contribution is 2.36. The number of amides is 1. The molecule has 13 heteroatoms. The number of nitrogens with one attached hydrogen (secondary N) is 1. The van der Waals surface area contributed by atoms with Crippen molar-refractivity contribution >= 4 is 34.7 Å². The second kappa shape index (κ2) is 10.3. The molecule has 1 aliphatic rings. The summed E-state index contributed by atoms with van der Waals surface area (Å²) in [6.45, 7) is 1.40. The number of nitro groups is 1. The number of thioether (sulfide) groups is 1. The molecule has 0 aliphatic carbocycles. The molecule has 0 bridgehead atoms. The lowest BCUT2D eigenvalue weighted by atomic mass is 10.1. The Hall–Kier alpha value is -3.61. The number of hydrogen-bond donors (Lipinski definition) is 1. The summed E-state index contributed by atoms with van der Waals surface area (Å²) in [6, 6.07) is 9.00. The van der Waals surface area contributed by atoms with Crippen molar-refractivity contribution in [1.82, 2.24) is 10.2 Å². The van der Waals surface area contributed by atoms with Crippen molar-refractivity contribution < 1.29 is 27.3 Å². The van der Waals surface area contributed by atoms with Gasteiger partial charge in [-0.15, -0.1) is 10.2 Å². The van der Waals surface area contributed by atoms with Crippen molar-refractivity contribution in [2.75, 3.05) is 29.1 Å². The van der Waals surface area contributed by atoms with Gasteiger partial charge in [0.1, 0.15) is 0 Å². The molecule has 1 aromatic heterocycles. The van der Waals surface area contributed by atoms with E-state index in [-0.39, 0.29) is 28.2 Å². The van der Waals surface area contributed by atoms with E-state index in [9.17, 15) is 28.1 Å². The predicted molar refractivity (Wildman–Crippen MR) is 123 cm³/mol. The standard InChI is InChI=1S/C22H20F3N5O4S/c23-22(24,25)15-7-8-18(29-9-2-1-3-10-29)17(12-15)26-19(31)13-35-21-28-27-20(34-21)14-5-4-6-16(11-14)30(32)33/h4-8,11-12H,1-3,9-10,13H2,(H,26,31). The molecule has 1 saturated heterocycles. The highest BCUT2D eigenvalue weighted by molar-refractivity contribution is 7.99. The Morgan fingerprint density at radius 3 is 2.63 bits per heavy atom. The van der Waals surface area contributed by atoms with Crippen molar-refractivity contribution in [3.63, 3.8) is 0 Å². The van der Waals surface area contributed by atoms with Crippen molar-refractivity contribution in [1.29, 1.82) is 0 Å². The molecule has 35 heavy (non-hydrogen) atoms. The second-order valence-electron chi connectivity index (χ2n) is 7.79. The number of rotatable bonds is 7. The monoisotopic (exact) mass is 507 g/mol. The Morgan fingerprint density at radius 2 is 1.91 bits per heavy atom. The third kappa shape index (κ3) is 6.10. The minimum absolute atomic E-state index is 0.0434. The normalized spacial score (nSPS) is 14.1. The van der Waals surface area contributed by atoms with Gasteiger partial charge in [-0.1, -0.05) is 17.8 Å². The van der Waals surface area contributed by atoms with Crippen molar-refractivity contribution in [2.24, 2.45) is 0 Å². The minimum atomic E-state index is -4.54. The number of hydrogen-bond acceptors (Lipinski definition) is 8. The molecule has 2 aromatic carbocycles. The van der Waals surface area contributed by atoms with Crippen LogP contribution >= 0.6 is 11.8 Å². The van der Waals surface area contributed by atoms with E-state index in [2.05, 4.69) is 15.5 Å². The molecular formula is C22H20F3N5O4S. The largest absolute Gasteiger partial charge is 0.416 e. The predicted octanol–water partition coefficient (Wildman–Crippen LogP) is 5.38. The van der Waals surface area contributed by atoms with Gasteiger partial charge in [-0.05, 0) is 43.5 Å². The average Bonchev–Trinajstić information content (AvgIpc) is 3.32. The topological polar surface area (TPSA) is 114 Å². The first-order valence-electron chi connectivity index (χ1n) is 10.7. The smallest absolute Gasteiger partial charge is 0.411 e. The number of non-ortho nitro benzene ring substituents is 1. The van der Waals surface area contributed by atoms with E-state index >= 15 is 0 Å². The molecule has 2 heterocycles. The third-order valence-electron chi connectivity index (χ3n) is 5.33. The molecule has 0 unspecified atom stereocenters. The molecule has 4 rings (SSSR count). The van der Waals surface area contributed by atoms with Crippen LogP contribution in [-0.4, -0.2) is 39.9 Å². The third-order valence-corrected chi connectivity index (χ3v) is 6.15. The summed E-state index contributed by atoms with van der Waals surface area (Å²) >= 11 is 0.903. The molecule has 9 nitrogen and oxygen atoms in total. The van der Waals surface area contributed by atoms with Crippen LogP contribution in [0.1, 0.15) is 24.8 Å². The van der Waals surface area contributed by atoms with Crippen molar-refractivity contribution in [3.05, 3.63) is 58.1 Å². The molecule has 0 radical (unpaired) electrons. The Kier molecular flexibility index (Phi) is 7.24. The fourth-order valence-electron chi connectivity index (χ4n) is 3.67. The highest BCUT2D eigenvalue weighted by atomic mass is 32.2. The molecule has 0 saturated carbocycles. The number of aromatic nitrogens is 2. The number of alkyl halides is 3. The Balaban J connectivity index is 1.45.